The molecule has 1 fully saturated rings. The normalized spacial score (nSPS) is 18.0. The fourth-order valence-corrected chi connectivity index (χ4v) is 2.20. The third kappa shape index (κ3) is 2.99. The number of rotatable bonds is 3. The quantitative estimate of drug-likeness (QED) is 0.823. The molecule has 1 heterocycles. The van der Waals surface area contributed by atoms with Crippen LogP contribution in [-0.4, -0.2) is 31.1 Å². The fraction of sp³-hybridized carbons (Fsp3) is 0.571. The number of hydrogen-bond acceptors (Lipinski definition) is 2. The standard InChI is InChI=1S/C14H19F2NO/c1-3-10-8-12(15)14(13(16)9-10)18-11-4-6-17(2)7-5-11/h8-9,11H,3-7H2,1-2H3. The molecule has 0 atom stereocenters. The van der Waals surface area contributed by atoms with Crippen molar-refractivity contribution in [1.29, 1.82) is 0 Å². The summed E-state index contributed by atoms with van der Waals surface area (Å²) in [5.41, 5.74) is 0.653. The largest absolute Gasteiger partial charge is 0.484 e. The Morgan fingerprint density at radius 1 is 1.22 bits per heavy atom. The zero-order valence-electron chi connectivity index (χ0n) is 10.9. The first-order chi connectivity index (χ1) is 8.60. The van der Waals surface area contributed by atoms with Gasteiger partial charge in [-0.1, -0.05) is 6.92 Å². The van der Waals surface area contributed by atoms with Crippen LogP contribution in [0.4, 0.5) is 8.78 Å². The minimum Gasteiger partial charge on any atom is -0.484 e. The zero-order chi connectivity index (χ0) is 13.1. The Kier molecular flexibility index (Phi) is 4.17. The monoisotopic (exact) mass is 255 g/mol. The number of ether oxygens (including phenoxy) is 1. The third-order valence-electron chi connectivity index (χ3n) is 3.42. The van der Waals surface area contributed by atoms with E-state index in [4.69, 9.17) is 4.74 Å². The molecule has 0 aromatic heterocycles. The number of nitrogens with zero attached hydrogens (tertiary/aromatic N) is 1. The molecule has 1 aromatic carbocycles. The van der Waals surface area contributed by atoms with Crippen LogP contribution < -0.4 is 4.74 Å². The molecule has 0 unspecified atom stereocenters. The van der Waals surface area contributed by atoms with Crippen molar-refractivity contribution in [3.8, 4) is 5.75 Å². The molecule has 2 nitrogen and oxygen atoms in total. The maximum atomic E-state index is 13.8. The second kappa shape index (κ2) is 5.65. The number of benzene rings is 1. The first-order valence-electron chi connectivity index (χ1n) is 6.43. The van der Waals surface area contributed by atoms with Crippen molar-refractivity contribution in [2.75, 3.05) is 20.1 Å². The minimum absolute atomic E-state index is 0.0855. The summed E-state index contributed by atoms with van der Waals surface area (Å²) < 4.78 is 33.0. The van der Waals surface area contributed by atoms with E-state index in [1.165, 1.54) is 12.1 Å². The molecule has 1 aromatic rings. The predicted molar refractivity (Wildman–Crippen MR) is 66.9 cm³/mol. The molecular weight excluding hydrogens is 236 g/mol. The van der Waals surface area contributed by atoms with E-state index in [0.717, 1.165) is 25.9 Å². The van der Waals surface area contributed by atoms with E-state index in [2.05, 4.69) is 4.90 Å². The summed E-state index contributed by atoms with van der Waals surface area (Å²) in [5, 5.41) is 0. The summed E-state index contributed by atoms with van der Waals surface area (Å²) >= 11 is 0. The van der Waals surface area contributed by atoms with Gasteiger partial charge in [0, 0.05) is 13.1 Å². The maximum Gasteiger partial charge on any atom is 0.191 e. The van der Waals surface area contributed by atoms with Crippen molar-refractivity contribution in [1.82, 2.24) is 4.90 Å². The van der Waals surface area contributed by atoms with Gasteiger partial charge in [0.1, 0.15) is 6.10 Å². The van der Waals surface area contributed by atoms with Crippen molar-refractivity contribution in [2.45, 2.75) is 32.3 Å². The number of piperidine rings is 1. The lowest BCUT2D eigenvalue weighted by molar-refractivity contribution is 0.106. The predicted octanol–water partition coefficient (Wildman–Crippen LogP) is 3.00. The molecule has 1 aliphatic rings. The van der Waals surface area contributed by atoms with Gasteiger partial charge in [-0.2, -0.15) is 0 Å². The van der Waals surface area contributed by atoms with Crippen LogP contribution in [0.1, 0.15) is 25.3 Å². The van der Waals surface area contributed by atoms with Crippen LogP contribution >= 0.6 is 0 Å². The van der Waals surface area contributed by atoms with Crippen LogP contribution in [0.2, 0.25) is 0 Å². The van der Waals surface area contributed by atoms with Gasteiger partial charge in [0.05, 0.1) is 0 Å². The van der Waals surface area contributed by atoms with Crippen LogP contribution in [0.5, 0.6) is 5.75 Å². The Morgan fingerprint density at radius 2 is 1.78 bits per heavy atom. The topological polar surface area (TPSA) is 12.5 Å². The van der Waals surface area contributed by atoms with Gasteiger partial charge in [-0.3, -0.25) is 0 Å². The van der Waals surface area contributed by atoms with Gasteiger partial charge in [-0.05, 0) is 44.0 Å². The van der Waals surface area contributed by atoms with Gasteiger partial charge in [0.2, 0.25) is 0 Å². The molecule has 1 saturated heterocycles. The molecule has 1 aliphatic heterocycles. The average molecular weight is 255 g/mol. The lowest BCUT2D eigenvalue weighted by Crippen LogP contribution is -2.35. The van der Waals surface area contributed by atoms with Crippen LogP contribution in [0, 0.1) is 11.6 Å². The summed E-state index contributed by atoms with van der Waals surface area (Å²) in [6, 6.07) is 2.71. The minimum atomic E-state index is -0.592. The lowest BCUT2D eigenvalue weighted by atomic mass is 10.1. The highest BCUT2D eigenvalue weighted by atomic mass is 19.1. The van der Waals surface area contributed by atoms with Crippen molar-refractivity contribution >= 4 is 0 Å². The van der Waals surface area contributed by atoms with Gasteiger partial charge >= 0.3 is 0 Å². The molecule has 4 heteroatoms. The second-order valence-corrected chi connectivity index (χ2v) is 4.86. The van der Waals surface area contributed by atoms with E-state index in [1.807, 2.05) is 14.0 Å². The highest BCUT2D eigenvalue weighted by molar-refractivity contribution is 5.31. The summed E-state index contributed by atoms with van der Waals surface area (Å²) in [5.74, 6) is -1.40. The third-order valence-corrected chi connectivity index (χ3v) is 3.42. The molecule has 0 bridgehead atoms. The van der Waals surface area contributed by atoms with Crippen molar-refractivity contribution in [3.63, 3.8) is 0 Å². The molecule has 0 radical (unpaired) electrons. The SMILES string of the molecule is CCc1cc(F)c(OC2CCN(C)CC2)c(F)c1. The average Bonchev–Trinajstić information content (AvgIpc) is 2.35. The highest BCUT2D eigenvalue weighted by Gasteiger charge is 2.21. The van der Waals surface area contributed by atoms with Crippen molar-refractivity contribution in [3.05, 3.63) is 29.3 Å². The lowest BCUT2D eigenvalue weighted by Gasteiger charge is -2.29. The Hall–Kier alpha value is -1.16. The van der Waals surface area contributed by atoms with Gasteiger partial charge in [0.15, 0.2) is 17.4 Å². The van der Waals surface area contributed by atoms with E-state index in [1.54, 1.807) is 0 Å². The molecule has 0 saturated carbocycles. The Labute approximate surface area is 107 Å². The Morgan fingerprint density at radius 3 is 2.28 bits per heavy atom. The van der Waals surface area contributed by atoms with Gasteiger partial charge in [-0.25, -0.2) is 8.78 Å². The molecule has 18 heavy (non-hydrogen) atoms. The highest BCUT2D eigenvalue weighted by Crippen LogP contribution is 2.26. The fourth-order valence-electron chi connectivity index (χ4n) is 2.20. The van der Waals surface area contributed by atoms with Crippen LogP contribution in [0.15, 0.2) is 12.1 Å². The van der Waals surface area contributed by atoms with Gasteiger partial charge in [0.25, 0.3) is 0 Å². The molecule has 0 amide bonds. The van der Waals surface area contributed by atoms with Gasteiger partial charge < -0.3 is 9.64 Å². The van der Waals surface area contributed by atoms with E-state index in [-0.39, 0.29) is 11.9 Å². The summed E-state index contributed by atoms with van der Waals surface area (Å²) in [6.07, 6.45) is 2.15. The molecule has 0 spiro atoms. The van der Waals surface area contributed by atoms with E-state index in [0.29, 0.717) is 12.0 Å². The molecule has 100 valence electrons. The molecule has 0 aliphatic carbocycles. The van der Waals surface area contributed by atoms with Gasteiger partial charge in [-0.15, -0.1) is 0 Å². The van der Waals surface area contributed by atoms with E-state index >= 15 is 0 Å². The Balaban J connectivity index is 2.09. The van der Waals surface area contributed by atoms with Crippen molar-refractivity contribution < 1.29 is 13.5 Å². The number of halogens is 2. The first-order valence-corrected chi connectivity index (χ1v) is 6.43. The summed E-state index contributed by atoms with van der Waals surface area (Å²) in [4.78, 5) is 2.19. The summed E-state index contributed by atoms with van der Waals surface area (Å²) in [6.45, 7) is 3.67. The first kappa shape index (κ1) is 13.3. The molecular formula is C14H19F2NO. The number of hydrogen-bond donors (Lipinski definition) is 0. The zero-order valence-corrected chi connectivity index (χ0v) is 10.9. The summed E-state index contributed by atoms with van der Waals surface area (Å²) in [7, 11) is 2.04. The van der Waals surface area contributed by atoms with E-state index < -0.39 is 11.6 Å². The Bertz CT molecular complexity index is 391. The van der Waals surface area contributed by atoms with Crippen molar-refractivity contribution in [2.24, 2.45) is 0 Å². The second-order valence-electron chi connectivity index (χ2n) is 4.86. The molecule has 0 N–H and O–H groups in total. The smallest absolute Gasteiger partial charge is 0.191 e. The number of likely N-dealkylation sites (tertiary alicyclic amines) is 1. The van der Waals surface area contributed by atoms with E-state index in [9.17, 15) is 8.78 Å². The number of aryl methyl sites for hydroxylation is 1. The van der Waals surface area contributed by atoms with Crippen LogP contribution in [0.25, 0.3) is 0 Å². The van der Waals surface area contributed by atoms with Crippen LogP contribution in [-0.2, 0) is 6.42 Å². The van der Waals surface area contributed by atoms with Crippen LogP contribution in [0.3, 0.4) is 0 Å². The maximum absolute atomic E-state index is 13.8. The molecule has 2 rings (SSSR count).